The predicted molar refractivity (Wildman–Crippen MR) is 173 cm³/mol. The Kier molecular flexibility index (Phi) is 10.2. The van der Waals surface area contributed by atoms with E-state index >= 15 is 0 Å². The highest BCUT2D eigenvalue weighted by molar-refractivity contribution is 7.90. The first kappa shape index (κ1) is 32.6. The Hall–Kier alpha value is -3.79. The summed E-state index contributed by atoms with van der Waals surface area (Å²) in [5.74, 6) is 0.504. The fourth-order valence-corrected chi connectivity index (χ4v) is 6.80. The van der Waals surface area contributed by atoms with Crippen molar-refractivity contribution in [1.82, 2.24) is 8.87 Å². The van der Waals surface area contributed by atoms with Crippen LogP contribution >= 0.6 is 11.6 Å². The van der Waals surface area contributed by atoms with Crippen LogP contribution in [0.5, 0.6) is 5.75 Å². The summed E-state index contributed by atoms with van der Waals surface area (Å²) in [6.07, 6.45) is -2.46. The van der Waals surface area contributed by atoms with Gasteiger partial charge in [-0.05, 0) is 54.3 Å². The molecule has 0 spiro atoms. The average molecular weight is 655 g/mol. The predicted octanol–water partition coefficient (Wildman–Crippen LogP) is 8.61. The topological polar surface area (TPSA) is 51.5 Å². The lowest BCUT2D eigenvalue weighted by atomic mass is 9.90. The molecular formula is C35H34ClF3N2O3S. The molecule has 5 rings (SSSR count). The molecule has 0 aliphatic rings. The minimum Gasteiger partial charge on any atom is -0.493 e. The van der Waals surface area contributed by atoms with E-state index in [-0.39, 0.29) is 23.2 Å². The van der Waals surface area contributed by atoms with Gasteiger partial charge in [-0.25, -0.2) is 12.4 Å². The molecular weight excluding hydrogens is 621 g/mol. The lowest BCUT2D eigenvalue weighted by molar-refractivity contribution is -0.137. The second kappa shape index (κ2) is 14.1. The van der Waals surface area contributed by atoms with E-state index in [1.165, 1.54) is 16.2 Å². The minimum atomic E-state index is -4.56. The lowest BCUT2D eigenvalue weighted by Gasteiger charge is -2.29. The zero-order valence-electron chi connectivity index (χ0n) is 24.8. The van der Waals surface area contributed by atoms with Gasteiger partial charge in [-0.2, -0.15) is 13.2 Å². The van der Waals surface area contributed by atoms with Gasteiger partial charge in [-0.3, -0.25) is 4.90 Å². The summed E-state index contributed by atoms with van der Waals surface area (Å²) in [5.41, 5.74) is 2.29. The molecule has 0 unspecified atom stereocenters. The standard InChI is InChI=1S/C35H34ClF3N2O3S/c1-2-45(42,43)41-22-20-29-32(41)18-10-19-33(29)44-23-11-21-40(24-28-16-9-17-31(34(28)36)35(37,38)39)25-30(26-12-5-3-6-13-26)27-14-7-4-8-15-27/h3-10,12-20,22,30H,2,11,21,23-25H2,1H3. The molecule has 45 heavy (non-hydrogen) atoms. The molecule has 5 aromatic rings. The molecule has 4 aromatic carbocycles. The van der Waals surface area contributed by atoms with Crippen LogP contribution in [-0.4, -0.2) is 42.7 Å². The van der Waals surface area contributed by atoms with Gasteiger partial charge < -0.3 is 4.74 Å². The third-order valence-electron chi connectivity index (χ3n) is 7.82. The summed E-state index contributed by atoms with van der Waals surface area (Å²) < 4.78 is 73.5. The molecule has 0 saturated carbocycles. The Bertz CT molecular complexity index is 1790. The first-order valence-electron chi connectivity index (χ1n) is 14.7. The lowest BCUT2D eigenvalue weighted by Crippen LogP contribution is -2.31. The SMILES string of the molecule is CCS(=O)(=O)n1ccc2c(OCCCN(Cc3cccc(C(F)(F)F)c3Cl)CC(c3ccccc3)c3ccccc3)cccc21. The number of rotatable bonds is 13. The van der Waals surface area contributed by atoms with E-state index in [9.17, 15) is 21.6 Å². The molecule has 0 bridgehead atoms. The Morgan fingerprint density at radius 3 is 2.13 bits per heavy atom. The quantitative estimate of drug-likeness (QED) is 0.119. The maximum atomic E-state index is 13.7. The molecule has 5 nitrogen and oxygen atoms in total. The first-order valence-corrected chi connectivity index (χ1v) is 16.7. The van der Waals surface area contributed by atoms with Crippen LogP contribution in [0.1, 0.15) is 41.5 Å². The largest absolute Gasteiger partial charge is 0.493 e. The van der Waals surface area contributed by atoms with E-state index in [4.69, 9.17) is 16.3 Å². The summed E-state index contributed by atoms with van der Waals surface area (Å²) in [5, 5.41) is 0.399. The van der Waals surface area contributed by atoms with Crippen LogP contribution < -0.4 is 4.74 Å². The van der Waals surface area contributed by atoms with Crippen molar-refractivity contribution < 1.29 is 26.3 Å². The van der Waals surface area contributed by atoms with E-state index in [1.54, 1.807) is 37.3 Å². The molecule has 0 atom stereocenters. The number of aromatic nitrogens is 1. The van der Waals surface area contributed by atoms with Gasteiger partial charge in [0.1, 0.15) is 5.75 Å². The van der Waals surface area contributed by atoms with E-state index in [2.05, 4.69) is 29.2 Å². The summed E-state index contributed by atoms with van der Waals surface area (Å²) in [7, 11) is -3.46. The molecule has 1 heterocycles. The molecule has 10 heteroatoms. The van der Waals surface area contributed by atoms with Crippen LogP contribution in [0.2, 0.25) is 5.02 Å². The second-order valence-electron chi connectivity index (χ2n) is 10.8. The highest BCUT2D eigenvalue weighted by Crippen LogP contribution is 2.37. The summed E-state index contributed by atoms with van der Waals surface area (Å²) in [6, 6.07) is 31.1. The van der Waals surface area contributed by atoms with Gasteiger partial charge in [0.25, 0.3) is 0 Å². The molecule has 236 valence electrons. The average Bonchev–Trinajstić information content (AvgIpc) is 3.49. The van der Waals surface area contributed by atoms with Gasteiger partial charge in [-0.15, -0.1) is 0 Å². The Morgan fingerprint density at radius 2 is 1.51 bits per heavy atom. The van der Waals surface area contributed by atoms with Gasteiger partial charge in [0.2, 0.25) is 10.0 Å². The fourth-order valence-electron chi connectivity index (χ4n) is 5.52. The monoisotopic (exact) mass is 654 g/mol. The van der Waals surface area contributed by atoms with Crippen LogP contribution in [0, 0.1) is 0 Å². The molecule has 0 amide bonds. The molecule has 1 aromatic heterocycles. The highest BCUT2D eigenvalue weighted by atomic mass is 35.5. The molecule has 0 N–H and O–H groups in total. The highest BCUT2D eigenvalue weighted by Gasteiger charge is 2.34. The van der Waals surface area contributed by atoms with Crippen molar-refractivity contribution in [3.05, 3.63) is 137 Å². The molecule has 0 fully saturated rings. The van der Waals surface area contributed by atoms with Gasteiger partial charge in [0, 0.05) is 37.1 Å². The molecule has 0 aliphatic carbocycles. The van der Waals surface area contributed by atoms with Crippen molar-refractivity contribution in [3.8, 4) is 5.75 Å². The van der Waals surface area contributed by atoms with E-state index in [1.807, 2.05) is 36.4 Å². The number of benzene rings is 4. The molecule has 0 radical (unpaired) electrons. The zero-order valence-corrected chi connectivity index (χ0v) is 26.3. The summed E-state index contributed by atoms with van der Waals surface area (Å²) in [4.78, 5) is 2.11. The summed E-state index contributed by atoms with van der Waals surface area (Å²) in [6.45, 7) is 3.18. The number of fused-ring (bicyclic) bond motifs is 1. The van der Waals surface area contributed by atoms with Crippen LogP contribution in [0.15, 0.2) is 109 Å². The van der Waals surface area contributed by atoms with Crippen molar-refractivity contribution in [2.45, 2.75) is 32.0 Å². The number of nitrogens with zero attached hydrogens (tertiary/aromatic N) is 2. The van der Waals surface area contributed by atoms with Crippen LogP contribution in [0.3, 0.4) is 0 Å². The Labute approximate surface area is 266 Å². The third kappa shape index (κ3) is 7.72. The van der Waals surface area contributed by atoms with Crippen LogP contribution in [-0.2, 0) is 22.7 Å². The minimum absolute atomic E-state index is 0.0272. The van der Waals surface area contributed by atoms with Crippen molar-refractivity contribution in [2.75, 3.05) is 25.4 Å². The molecule has 0 saturated heterocycles. The Balaban J connectivity index is 1.38. The number of alkyl halides is 3. The van der Waals surface area contributed by atoms with Crippen LogP contribution in [0.25, 0.3) is 10.9 Å². The third-order valence-corrected chi connectivity index (χ3v) is 9.91. The number of hydrogen-bond donors (Lipinski definition) is 0. The van der Waals surface area contributed by atoms with Crippen molar-refractivity contribution >= 4 is 32.5 Å². The fraction of sp³-hybridized carbons (Fsp3) is 0.257. The van der Waals surface area contributed by atoms with E-state index in [0.29, 0.717) is 48.3 Å². The van der Waals surface area contributed by atoms with E-state index < -0.39 is 21.8 Å². The van der Waals surface area contributed by atoms with Gasteiger partial charge in [0.05, 0.1) is 28.5 Å². The molecule has 0 aliphatic heterocycles. The van der Waals surface area contributed by atoms with Crippen molar-refractivity contribution in [2.24, 2.45) is 0 Å². The van der Waals surface area contributed by atoms with Crippen molar-refractivity contribution in [3.63, 3.8) is 0 Å². The summed E-state index contributed by atoms with van der Waals surface area (Å²) >= 11 is 6.33. The maximum Gasteiger partial charge on any atom is 0.417 e. The normalized spacial score (nSPS) is 12.3. The van der Waals surface area contributed by atoms with E-state index in [0.717, 1.165) is 17.2 Å². The zero-order chi connectivity index (χ0) is 32.0. The second-order valence-corrected chi connectivity index (χ2v) is 13.3. The van der Waals surface area contributed by atoms with Gasteiger partial charge in [-0.1, -0.05) is 90.5 Å². The first-order chi connectivity index (χ1) is 21.6. The van der Waals surface area contributed by atoms with Crippen molar-refractivity contribution in [1.29, 1.82) is 0 Å². The number of hydrogen-bond acceptors (Lipinski definition) is 4. The maximum absolute atomic E-state index is 13.7. The number of ether oxygens (including phenoxy) is 1. The van der Waals surface area contributed by atoms with Gasteiger partial charge >= 0.3 is 6.18 Å². The van der Waals surface area contributed by atoms with Crippen LogP contribution in [0.4, 0.5) is 13.2 Å². The van der Waals surface area contributed by atoms with Gasteiger partial charge in [0.15, 0.2) is 0 Å². The smallest absolute Gasteiger partial charge is 0.417 e. The Morgan fingerprint density at radius 1 is 0.867 bits per heavy atom. The number of halogens is 4.